The highest BCUT2D eigenvalue weighted by Crippen LogP contribution is 2.42. The summed E-state index contributed by atoms with van der Waals surface area (Å²) >= 11 is 3.23. The van der Waals surface area contributed by atoms with Crippen LogP contribution in [0.4, 0.5) is 0 Å². The third kappa shape index (κ3) is 2.69. The number of carbonyl (C=O) groups excluding carboxylic acids is 1. The molecule has 0 saturated carbocycles. The van der Waals surface area contributed by atoms with E-state index in [0.717, 1.165) is 32.1 Å². The molecule has 25 heavy (non-hydrogen) atoms. The Kier molecular flexibility index (Phi) is 3.99. The van der Waals surface area contributed by atoms with Crippen molar-refractivity contribution in [3.8, 4) is 26.8 Å². The molecule has 4 nitrogen and oxygen atoms in total. The van der Waals surface area contributed by atoms with Gasteiger partial charge in [-0.2, -0.15) is 0 Å². The number of ether oxygens (including phenoxy) is 1. The number of benzene rings is 2. The number of methoxy groups -OCH3 is 1. The van der Waals surface area contributed by atoms with Crippen molar-refractivity contribution in [1.82, 2.24) is 4.98 Å². The normalized spacial score (nSPS) is 10.9. The number of hydrogen-bond acceptors (Lipinski definition) is 5. The van der Waals surface area contributed by atoms with Gasteiger partial charge in [0.2, 0.25) is 5.91 Å². The van der Waals surface area contributed by atoms with E-state index < -0.39 is 5.91 Å². The Balaban J connectivity index is 1.99. The van der Waals surface area contributed by atoms with Gasteiger partial charge in [-0.25, -0.2) is 4.98 Å². The Morgan fingerprint density at radius 3 is 2.64 bits per heavy atom. The van der Waals surface area contributed by atoms with Gasteiger partial charge in [0.15, 0.2) is 0 Å². The third-order valence-electron chi connectivity index (χ3n) is 3.94. The number of primary amides is 1. The van der Waals surface area contributed by atoms with Crippen LogP contribution in [0.2, 0.25) is 0 Å². The standard InChI is InChI=1S/C19H14N2O2S2/c1-23-14-9-8-13(15-7-4-10-24-15)17-16(14)21-19(25-17)12-6-3-2-5-11(12)18(20)22/h2-10H,1H3,(H2,20,22). The van der Waals surface area contributed by atoms with E-state index in [1.807, 2.05) is 24.3 Å². The molecular weight excluding hydrogens is 352 g/mol. The summed E-state index contributed by atoms with van der Waals surface area (Å²) in [5.41, 5.74) is 8.66. The first kappa shape index (κ1) is 15.8. The van der Waals surface area contributed by atoms with Gasteiger partial charge in [-0.1, -0.05) is 24.3 Å². The van der Waals surface area contributed by atoms with Crippen LogP contribution in [0.1, 0.15) is 10.4 Å². The first-order valence-corrected chi connectivity index (χ1v) is 9.29. The summed E-state index contributed by atoms with van der Waals surface area (Å²) in [6, 6.07) is 15.4. The average molecular weight is 366 g/mol. The molecule has 2 heterocycles. The second-order valence-electron chi connectivity index (χ2n) is 5.40. The molecule has 2 N–H and O–H groups in total. The zero-order chi connectivity index (χ0) is 17.4. The second-order valence-corrected chi connectivity index (χ2v) is 7.35. The summed E-state index contributed by atoms with van der Waals surface area (Å²) in [6.45, 7) is 0. The molecular formula is C19H14N2O2S2. The molecule has 0 spiro atoms. The number of carbonyl (C=O) groups is 1. The fourth-order valence-electron chi connectivity index (χ4n) is 2.77. The van der Waals surface area contributed by atoms with Crippen molar-refractivity contribution < 1.29 is 9.53 Å². The first-order chi connectivity index (χ1) is 12.2. The van der Waals surface area contributed by atoms with Gasteiger partial charge in [0, 0.05) is 21.6 Å². The molecule has 0 radical (unpaired) electrons. The number of aromatic nitrogens is 1. The highest BCUT2D eigenvalue weighted by atomic mass is 32.1. The van der Waals surface area contributed by atoms with Crippen LogP contribution in [0.15, 0.2) is 53.9 Å². The lowest BCUT2D eigenvalue weighted by Gasteiger charge is -2.03. The quantitative estimate of drug-likeness (QED) is 0.564. The maximum atomic E-state index is 11.8. The van der Waals surface area contributed by atoms with Gasteiger partial charge in [-0.15, -0.1) is 22.7 Å². The number of hydrogen-bond donors (Lipinski definition) is 1. The van der Waals surface area contributed by atoms with Crippen molar-refractivity contribution in [2.75, 3.05) is 7.11 Å². The maximum Gasteiger partial charge on any atom is 0.249 e. The van der Waals surface area contributed by atoms with Crippen LogP contribution < -0.4 is 10.5 Å². The minimum Gasteiger partial charge on any atom is -0.494 e. The smallest absolute Gasteiger partial charge is 0.249 e. The molecule has 124 valence electrons. The van der Waals surface area contributed by atoms with Crippen LogP contribution in [0.3, 0.4) is 0 Å². The summed E-state index contributed by atoms with van der Waals surface area (Å²) < 4.78 is 6.52. The van der Waals surface area contributed by atoms with E-state index in [-0.39, 0.29) is 0 Å². The first-order valence-electron chi connectivity index (χ1n) is 7.59. The minimum atomic E-state index is -0.458. The van der Waals surface area contributed by atoms with Crippen molar-refractivity contribution in [3.05, 3.63) is 59.5 Å². The third-order valence-corrected chi connectivity index (χ3v) is 5.96. The zero-order valence-corrected chi connectivity index (χ0v) is 15.0. The van der Waals surface area contributed by atoms with Crippen molar-refractivity contribution in [3.63, 3.8) is 0 Å². The molecule has 0 aliphatic carbocycles. The van der Waals surface area contributed by atoms with Crippen LogP contribution in [0, 0.1) is 0 Å². The van der Waals surface area contributed by atoms with Gasteiger partial charge in [-0.3, -0.25) is 4.79 Å². The van der Waals surface area contributed by atoms with E-state index in [2.05, 4.69) is 17.5 Å². The predicted octanol–water partition coefficient (Wildman–Crippen LogP) is 4.80. The molecule has 2 aromatic carbocycles. The minimum absolute atomic E-state index is 0.458. The van der Waals surface area contributed by atoms with Gasteiger partial charge in [0.1, 0.15) is 16.3 Å². The Hall–Kier alpha value is -2.70. The lowest BCUT2D eigenvalue weighted by atomic mass is 10.1. The molecule has 6 heteroatoms. The van der Waals surface area contributed by atoms with E-state index in [0.29, 0.717) is 5.56 Å². The summed E-state index contributed by atoms with van der Waals surface area (Å²) in [5.74, 6) is 0.259. The molecule has 0 aliphatic rings. The number of nitrogens with zero attached hydrogens (tertiary/aromatic N) is 1. The summed E-state index contributed by atoms with van der Waals surface area (Å²) in [6.07, 6.45) is 0. The molecule has 0 bridgehead atoms. The monoisotopic (exact) mass is 366 g/mol. The average Bonchev–Trinajstić information content (AvgIpc) is 3.30. The van der Waals surface area contributed by atoms with Crippen molar-refractivity contribution >= 4 is 38.8 Å². The molecule has 0 atom stereocenters. The van der Waals surface area contributed by atoms with Gasteiger partial charge < -0.3 is 10.5 Å². The topological polar surface area (TPSA) is 65.2 Å². The molecule has 2 aromatic heterocycles. The summed E-state index contributed by atoms with van der Waals surface area (Å²) in [4.78, 5) is 17.7. The van der Waals surface area contributed by atoms with Gasteiger partial charge in [0.25, 0.3) is 0 Å². The molecule has 0 aliphatic heterocycles. The van der Waals surface area contributed by atoms with Gasteiger partial charge in [0.05, 0.1) is 11.8 Å². The Morgan fingerprint density at radius 1 is 1.08 bits per heavy atom. The zero-order valence-electron chi connectivity index (χ0n) is 13.4. The number of fused-ring (bicyclic) bond motifs is 1. The van der Waals surface area contributed by atoms with E-state index in [4.69, 9.17) is 15.5 Å². The van der Waals surface area contributed by atoms with E-state index in [1.165, 1.54) is 4.88 Å². The SMILES string of the molecule is COc1ccc(-c2cccs2)c2sc(-c3ccccc3C(N)=O)nc12. The Morgan fingerprint density at radius 2 is 1.92 bits per heavy atom. The Labute approximate surface area is 152 Å². The van der Waals surface area contributed by atoms with Crippen molar-refractivity contribution in [2.45, 2.75) is 0 Å². The largest absolute Gasteiger partial charge is 0.494 e. The highest BCUT2D eigenvalue weighted by molar-refractivity contribution is 7.23. The molecule has 4 aromatic rings. The number of amides is 1. The lowest BCUT2D eigenvalue weighted by molar-refractivity contribution is 0.100. The van der Waals surface area contributed by atoms with Crippen molar-refractivity contribution in [2.24, 2.45) is 5.73 Å². The molecule has 0 saturated heterocycles. The van der Waals surface area contributed by atoms with E-state index >= 15 is 0 Å². The van der Waals surface area contributed by atoms with Crippen molar-refractivity contribution in [1.29, 1.82) is 0 Å². The number of thiazole rings is 1. The molecule has 4 rings (SSSR count). The second kappa shape index (κ2) is 6.31. The fourth-order valence-corrected chi connectivity index (χ4v) is 4.75. The predicted molar refractivity (Wildman–Crippen MR) is 103 cm³/mol. The van der Waals surface area contributed by atoms with Crippen LogP contribution in [-0.2, 0) is 0 Å². The van der Waals surface area contributed by atoms with Crippen LogP contribution in [0.5, 0.6) is 5.75 Å². The highest BCUT2D eigenvalue weighted by Gasteiger charge is 2.18. The molecule has 0 fully saturated rings. The summed E-state index contributed by atoms with van der Waals surface area (Å²) in [7, 11) is 1.63. The lowest BCUT2D eigenvalue weighted by Crippen LogP contribution is -2.12. The molecule has 0 unspecified atom stereocenters. The Bertz CT molecular complexity index is 1070. The van der Waals surface area contributed by atoms with Crippen LogP contribution >= 0.6 is 22.7 Å². The van der Waals surface area contributed by atoms with Gasteiger partial charge in [-0.05, 0) is 29.6 Å². The maximum absolute atomic E-state index is 11.8. The van der Waals surface area contributed by atoms with Gasteiger partial charge >= 0.3 is 0 Å². The number of rotatable bonds is 4. The fraction of sp³-hybridized carbons (Fsp3) is 0.0526. The van der Waals surface area contributed by atoms with E-state index in [9.17, 15) is 4.79 Å². The van der Waals surface area contributed by atoms with Crippen LogP contribution in [-0.4, -0.2) is 18.0 Å². The van der Waals surface area contributed by atoms with E-state index in [1.54, 1.807) is 41.9 Å². The number of thiophene rings is 1. The molecule has 1 amide bonds. The van der Waals surface area contributed by atoms with Crippen LogP contribution in [0.25, 0.3) is 31.2 Å². The summed E-state index contributed by atoms with van der Waals surface area (Å²) in [5, 5.41) is 2.81. The number of nitrogens with two attached hydrogens (primary N) is 1.